The van der Waals surface area contributed by atoms with Gasteiger partial charge < -0.3 is 18.9 Å². The second kappa shape index (κ2) is 25.2. The maximum atomic E-state index is 12.4. The van der Waals surface area contributed by atoms with Crippen LogP contribution in [-0.4, -0.2) is 75.6 Å². The third-order valence-corrected chi connectivity index (χ3v) is 7.65. The van der Waals surface area contributed by atoms with E-state index in [1.807, 2.05) is 21.1 Å². The normalized spacial score (nSPS) is 14.3. The van der Waals surface area contributed by atoms with E-state index in [0.29, 0.717) is 24.1 Å². The maximum absolute atomic E-state index is 12.4. The van der Waals surface area contributed by atoms with Gasteiger partial charge in [0.15, 0.2) is 0 Å². The first-order valence-electron chi connectivity index (χ1n) is 15.8. The van der Waals surface area contributed by atoms with Gasteiger partial charge in [-0.05, 0) is 12.8 Å². The second-order valence-electron chi connectivity index (χ2n) is 11.9. The number of likely N-dealkylation sites (N-methyl/N-ethyl adjacent to an activating group) is 1. The number of phosphoric acid groups is 1. The molecule has 2 unspecified atom stereocenters. The molecule has 9 heteroatoms. The average Bonchev–Trinajstić information content (AvgIpc) is 2.86. The number of hydrogen-bond acceptors (Lipinski definition) is 6. The number of esters is 1. The van der Waals surface area contributed by atoms with E-state index in [-0.39, 0.29) is 25.8 Å². The molecule has 0 bridgehead atoms. The Bertz CT molecular complexity index is 613. The molecule has 234 valence electrons. The summed E-state index contributed by atoms with van der Waals surface area (Å²) in [6.07, 6.45) is 20.0. The van der Waals surface area contributed by atoms with Gasteiger partial charge in [-0.1, -0.05) is 110 Å². The predicted molar refractivity (Wildman–Crippen MR) is 160 cm³/mol. The first-order chi connectivity index (χ1) is 18.6. The number of carbonyl (C=O) groups excluding carboxylic acids is 1. The van der Waals surface area contributed by atoms with E-state index in [1.165, 1.54) is 77.0 Å². The number of nitrogens with zero attached hydrogens (tertiary/aromatic N) is 1. The lowest BCUT2D eigenvalue weighted by Crippen LogP contribution is -2.37. The van der Waals surface area contributed by atoms with Gasteiger partial charge in [-0.25, -0.2) is 4.57 Å². The van der Waals surface area contributed by atoms with E-state index in [2.05, 4.69) is 13.8 Å². The lowest BCUT2D eigenvalue weighted by molar-refractivity contribution is -0.870. The van der Waals surface area contributed by atoms with Crippen LogP contribution >= 0.6 is 7.82 Å². The molecule has 8 nitrogen and oxygen atoms in total. The van der Waals surface area contributed by atoms with Crippen molar-refractivity contribution in [2.24, 2.45) is 0 Å². The molecule has 39 heavy (non-hydrogen) atoms. The third kappa shape index (κ3) is 28.8. The fraction of sp³-hybridized carbons (Fsp3) is 0.967. The van der Waals surface area contributed by atoms with Gasteiger partial charge in [0.2, 0.25) is 0 Å². The van der Waals surface area contributed by atoms with Crippen molar-refractivity contribution >= 4 is 13.8 Å². The van der Waals surface area contributed by atoms with E-state index >= 15 is 0 Å². The molecule has 0 saturated heterocycles. The van der Waals surface area contributed by atoms with Gasteiger partial charge in [0, 0.05) is 13.0 Å². The van der Waals surface area contributed by atoms with Gasteiger partial charge in [0.25, 0.3) is 0 Å². The molecule has 0 radical (unpaired) electrons. The summed E-state index contributed by atoms with van der Waals surface area (Å²) in [5.74, 6) is -0.323. The zero-order valence-electron chi connectivity index (χ0n) is 26.1. The number of ether oxygens (including phenoxy) is 2. The van der Waals surface area contributed by atoms with Crippen LogP contribution in [0.2, 0.25) is 0 Å². The minimum absolute atomic E-state index is 0.0924. The first kappa shape index (κ1) is 38.5. The number of carbonyl (C=O) groups is 1. The van der Waals surface area contributed by atoms with E-state index in [4.69, 9.17) is 18.5 Å². The Hall–Kier alpha value is -0.500. The second-order valence-corrected chi connectivity index (χ2v) is 13.3. The number of unbranched alkanes of at least 4 members (excludes halogenated alkanes) is 15. The van der Waals surface area contributed by atoms with Crippen LogP contribution in [0.4, 0.5) is 0 Å². The molecule has 0 aromatic heterocycles. The smallest absolute Gasteiger partial charge is 0.457 e. The van der Waals surface area contributed by atoms with Gasteiger partial charge in [0.05, 0.1) is 34.4 Å². The lowest BCUT2D eigenvalue weighted by atomic mass is 10.1. The SMILES string of the molecule is CCCCCCCCCCCCCOCC(COP(=O)(O)OCC[N+](C)(C)C)OC(=O)CCCCCCCC. The van der Waals surface area contributed by atoms with Crippen molar-refractivity contribution in [3.63, 3.8) is 0 Å². The summed E-state index contributed by atoms with van der Waals surface area (Å²) >= 11 is 0. The molecule has 0 aliphatic carbocycles. The van der Waals surface area contributed by atoms with Crippen LogP contribution in [0.25, 0.3) is 0 Å². The van der Waals surface area contributed by atoms with Crippen LogP contribution < -0.4 is 0 Å². The van der Waals surface area contributed by atoms with Crippen molar-refractivity contribution < 1.29 is 37.3 Å². The van der Waals surface area contributed by atoms with Gasteiger partial charge in [-0.2, -0.15) is 0 Å². The van der Waals surface area contributed by atoms with Crippen molar-refractivity contribution in [1.29, 1.82) is 0 Å². The fourth-order valence-electron chi connectivity index (χ4n) is 4.14. The summed E-state index contributed by atoms with van der Waals surface area (Å²) < 4.78 is 34.5. The van der Waals surface area contributed by atoms with E-state index in [9.17, 15) is 14.3 Å². The quantitative estimate of drug-likeness (QED) is 0.0417. The molecular weight excluding hydrogens is 517 g/mol. The topological polar surface area (TPSA) is 91.3 Å². The Balaban J connectivity index is 4.31. The Labute approximate surface area is 240 Å². The summed E-state index contributed by atoms with van der Waals surface area (Å²) in [7, 11) is 1.67. The monoisotopic (exact) mass is 580 g/mol. The molecule has 0 saturated carbocycles. The number of quaternary nitrogens is 1. The molecular formula is C30H63NO7P+. The van der Waals surface area contributed by atoms with E-state index in [0.717, 1.165) is 32.1 Å². The van der Waals surface area contributed by atoms with Crippen molar-refractivity contribution in [2.45, 2.75) is 136 Å². The molecule has 2 atom stereocenters. The highest BCUT2D eigenvalue weighted by Crippen LogP contribution is 2.43. The molecule has 0 aromatic carbocycles. The van der Waals surface area contributed by atoms with Gasteiger partial charge in [-0.3, -0.25) is 13.8 Å². The third-order valence-electron chi connectivity index (χ3n) is 6.67. The zero-order valence-corrected chi connectivity index (χ0v) is 27.0. The zero-order chi connectivity index (χ0) is 29.2. The van der Waals surface area contributed by atoms with Crippen molar-refractivity contribution in [3.8, 4) is 0 Å². The van der Waals surface area contributed by atoms with Crippen molar-refractivity contribution in [2.75, 3.05) is 54.1 Å². The summed E-state index contributed by atoms with van der Waals surface area (Å²) in [4.78, 5) is 22.4. The van der Waals surface area contributed by atoms with Crippen LogP contribution in [0.3, 0.4) is 0 Å². The van der Waals surface area contributed by atoms with Crippen LogP contribution in [-0.2, 0) is 27.9 Å². The highest BCUT2D eigenvalue weighted by Gasteiger charge is 2.26. The minimum atomic E-state index is -4.24. The van der Waals surface area contributed by atoms with Crippen LogP contribution in [0, 0.1) is 0 Å². The molecule has 0 fully saturated rings. The van der Waals surface area contributed by atoms with Crippen LogP contribution in [0.5, 0.6) is 0 Å². The number of hydrogen-bond donors (Lipinski definition) is 1. The summed E-state index contributed by atoms with van der Waals surface area (Å²) in [5.41, 5.74) is 0. The predicted octanol–water partition coefficient (Wildman–Crippen LogP) is 7.82. The molecule has 0 aromatic rings. The lowest BCUT2D eigenvalue weighted by Gasteiger charge is -2.24. The van der Waals surface area contributed by atoms with Crippen molar-refractivity contribution in [1.82, 2.24) is 0 Å². The Morgan fingerprint density at radius 1 is 0.692 bits per heavy atom. The summed E-state index contributed by atoms with van der Waals surface area (Å²) in [5, 5.41) is 0. The fourth-order valence-corrected chi connectivity index (χ4v) is 4.88. The Morgan fingerprint density at radius 2 is 1.18 bits per heavy atom. The van der Waals surface area contributed by atoms with E-state index < -0.39 is 13.9 Å². The molecule has 0 aliphatic rings. The van der Waals surface area contributed by atoms with E-state index in [1.54, 1.807) is 0 Å². The largest absolute Gasteiger partial charge is 0.472 e. The Morgan fingerprint density at radius 3 is 1.69 bits per heavy atom. The summed E-state index contributed by atoms with van der Waals surface area (Å²) in [6, 6.07) is 0. The molecule has 0 aliphatic heterocycles. The minimum Gasteiger partial charge on any atom is -0.457 e. The first-order valence-corrected chi connectivity index (χ1v) is 17.3. The standard InChI is InChI=1S/C30H62NO7P/c1-6-8-10-12-14-15-16-17-18-20-22-25-35-27-29(38-30(32)23-21-19-13-11-9-7-2)28-37-39(33,34)36-26-24-31(3,4)5/h29H,6-28H2,1-5H3/p+1. The highest BCUT2D eigenvalue weighted by atomic mass is 31.2. The van der Waals surface area contributed by atoms with Crippen molar-refractivity contribution in [3.05, 3.63) is 0 Å². The molecule has 0 amide bonds. The molecule has 0 heterocycles. The number of rotatable bonds is 29. The maximum Gasteiger partial charge on any atom is 0.472 e. The average molecular weight is 581 g/mol. The molecule has 0 spiro atoms. The van der Waals surface area contributed by atoms with Crippen LogP contribution in [0.1, 0.15) is 129 Å². The number of phosphoric ester groups is 1. The van der Waals surface area contributed by atoms with Gasteiger partial charge >= 0.3 is 13.8 Å². The summed E-state index contributed by atoms with van der Waals surface area (Å²) in [6.45, 7) is 5.55. The Kier molecular flexibility index (Phi) is 24.9. The molecule has 1 N–H and O–H groups in total. The van der Waals surface area contributed by atoms with Gasteiger partial charge in [0.1, 0.15) is 19.3 Å². The molecule has 0 rings (SSSR count). The highest BCUT2D eigenvalue weighted by molar-refractivity contribution is 7.47. The van der Waals surface area contributed by atoms with Crippen LogP contribution in [0.15, 0.2) is 0 Å². The van der Waals surface area contributed by atoms with Gasteiger partial charge in [-0.15, -0.1) is 0 Å².